The molecule has 0 fully saturated rings. The molecule has 0 rings (SSSR count). The van der Waals surface area contributed by atoms with Gasteiger partial charge in [0.15, 0.2) is 0 Å². The molecule has 0 atom stereocenters. The summed E-state index contributed by atoms with van der Waals surface area (Å²) < 4.78 is 0. The molecule has 3 nitrogen and oxygen atoms in total. The second-order valence-electron chi connectivity index (χ2n) is 0.952. The lowest BCUT2D eigenvalue weighted by molar-refractivity contribution is 1.29. The molecule has 0 heterocycles. The maximum atomic E-state index is 7.74. The lowest BCUT2D eigenvalue weighted by Gasteiger charge is -1.70. The number of allylic oxidation sites excluding steroid dienone is 1. The molecule has 0 aromatic carbocycles. The van der Waals surface area contributed by atoms with Gasteiger partial charge in [-0.1, -0.05) is 11.7 Å². The third kappa shape index (κ3) is 2.64. The van der Waals surface area contributed by atoms with Gasteiger partial charge in [0.25, 0.3) is 0 Å². The van der Waals surface area contributed by atoms with Crippen LogP contribution in [0.15, 0.2) is 23.1 Å². The van der Waals surface area contributed by atoms with Crippen LogP contribution in [0.1, 0.15) is 6.92 Å². The van der Waals surface area contributed by atoms with Gasteiger partial charge in [-0.2, -0.15) is 0 Å². The molecule has 3 heteroatoms. The van der Waals surface area contributed by atoms with Crippen molar-refractivity contribution in [3.05, 3.63) is 28.5 Å². The normalized spacial score (nSPS) is 5.86. The van der Waals surface area contributed by atoms with Crippen LogP contribution in [0.3, 0.4) is 0 Å². The van der Waals surface area contributed by atoms with Gasteiger partial charge in [0.05, 0.1) is 5.70 Å². The standard InChI is InChI=1S/C4H5N3/c1-3-4(2)6-7-5/h1H2,2H3. The Balaban J connectivity index is 4.10. The molecular formula is C4H5N3. The smallest absolute Gasteiger partial charge is 0.0533 e. The molecule has 0 aromatic rings. The Morgan fingerprint density at radius 3 is 2.71 bits per heavy atom. The van der Waals surface area contributed by atoms with Crippen molar-refractivity contribution in [1.82, 2.24) is 0 Å². The topological polar surface area (TPSA) is 48.8 Å². The fourth-order valence-electron chi connectivity index (χ4n) is 0.102. The van der Waals surface area contributed by atoms with E-state index in [0.29, 0.717) is 5.70 Å². The van der Waals surface area contributed by atoms with Crippen molar-refractivity contribution in [2.24, 2.45) is 5.11 Å². The molecule has 0 aliphatic rings. The van der Waals surface area contributed by atoms with Crippen molar-refractivity contribution in [1.29, 1.82) is 0 Å². The van der Waals surface area contributed by atoms with Gasteiger partial charge in [-0.05, 0) is 12.5 Å². The zero-order chi connectivity index (χ0) is 5.70. The van der Waals surface area contributed by atoms with Crippen LogP contribution in [0.4, 0.5) is 0 Å². The Labute approximate surface area is 41.6 Å². The number of nitrogens with zero attached hydrogens (tertiary/aromatic N) is 3. The second-order valence-corrected chi connectivity index (χ2v) is 0.952. The highest BCUT2D eigenvalue weighted by Crippen LogP contribution is 1.87. The quantitative estimate of drug-likeness (QED) is 0.207. The van der Waals surface area contributed by atoms with Crippen molar-refractivity contribution < 1.29 is 0 Å². The molecule has 0 amide bonds. The highest BCUT2D eigenvalue weighted by Gasteiger charge is 1.69. The molecule has 0 aliphatic heterocycles. The van der Waals surface area contributed by atoms with E-state index in [9.17, 15) is 0 Å². The van der Waals surface area contributed by atoms with E-state index in [0.717, 1.165) is 0 Å². The number of hydrogen-bond donors (Lipinski definition) is 0. The van der Waals surface area contributed by atoms with E-state index in [-0.39, 0.29) is 0 Å². The minimum Gasteiger partial charge on any atom is -0.123 e. The van der Waals surface area contributed by atoms with E-state index in [1.807, 2.05) is 0 Å². The van der Waals surface area contributed by atoms with Crippen LogP contribution in [-0.4, -0.2) is 0 Å². The van der Waals surface area contributed by atoms with E-state index in [1.54, 1.807) is 6.92 Å². The zero-order valence-electron chi connectivity index (χ0n) is 4.05. The van der Waals surface area contributed by atoms with E-state index in [1.165, 1.54) is 0 Å². The number of azide groups is 1. The summed E-state index contributed by atoms with van der Waals surface area (Å²) in [5.41, 5.74) is 10.6. The summed E-state index contributed by atoms with van der Waals surface area (Å²) in [5, 5.41) is 3.17. The summed E-state index contributed by atoms with van der Waals surface area (Å²) in [7, 11) is 0. The third-order valence-corrected chi connectivity index (χ3v) is 0.451. The summed E-state index contributed by atoms with van der Waals surface area (Å²) in [6.07, 6.45) is 0. The van der Waals surface area contributed by atoms with Gasteiger partial charge in [-0.25, -0.2) is 0 Å². The Bertz CT molecular complexity index is 146. The van der Waals surface area contributed by atoms with Crippen LogP contribution in [0, 0.1) is 0 Å². The summed E-state index contributed by atoms with van der Waals surface area (Å²) >= 11 is 0. The van der Waals surface area contributed by atoms with E-state index >= 15 is 0 Å². The zero-order valence-corrected chi connectivity index (χ0v) is 4.05. The summed E-state index contributed by atoms with van der Waals surface area (Å²) in [4.78, 5) is 2.49. The van der Waals surface area contributed by atoms with Crippen molar-refractivity contribution in [2.75, 3.05) is 0 Å². The SMILES string of the molecule is C=C=C(C)N=[N+]=[N-]. The van der Waals surface area contributed by atoms with Crippen LogP contribution in [0.25, 0.3) is 10.4 Å². The van der Waals surface area contributed by atoms with Crippen molar-refractivity contribution in [3.63, 3.8) is 0 Å². The highest BCUT2D eigenvalue weighted by molar-refractivity contribution is 4.90. The fourth-order valence-corrected chi connectivity index (χ4v) is 0.102. The molecule has 0 spiro atoms. The Morgan fingerprint density at radius 2 is 2.57 bits per heavy atom. The van der Waals surface area contributed by atoms with Gasteiger partial charge in [0.1, 0.15) is 0 Å². The first-order valence-electron chi connectivity index (χ1n) is 1.73. The Hall–Kier alpha value is -1.17. The van der Waals surface area contributed by atoms with Gasteiger partial charge >= 0.3 is 0 Å². The summed E-state index contributed by atoms with van der Waals surface area (Å²) in [6.45, 7) is 4.88. The van der Waals surface area contributed by atoms with Gasteiger partial charge in [-0.3, -0.25) is 0 Å². The summed E-state index contributed by atoms with van der Waals surface area (Å²) in [6, 6.07) is 0. The lowest BCUT2D eigenvalue weighted by Crippen LogP contribution is -1.53. The molecule has 0 radical (unpaired) electrons. The van der Waals surface area contributed by atoms with Crippen LogP contribution >= 0.6 is 0 Å². The summed E-state index contributed by atoms with van der Waals surface area (Å²) in [5.74, 6) is 0. The van der Waals surface area contributed by atoms with E-state index < -0.39 is 0 Å². The highest BCUT2D eigenvalue weighted by atomic mass is 15.1. The van der Waals surface area contributed by atoms with Crippen molar-refractivity contribution in [3.8, 4) is 0 Å². The molecule has 0 aliphatic carbocycles. The molecular weight excluding hydrogens is 90.1 g/mol. The average molecular weight is 95.1 g/mol. The Kier molecular flexibility index (Phi) is 2.53. The number of rotatable bonds is 1. The third-order valence-electron chi connectivity index (χ3n) is 0.451. The molecule has 0 aromatic heterocycles. The van der Waals surface area contributed by atoms with Gasteiger partial charge in [0.2, 0.25) is 0 Å². The first-order chi connectivity index (χ1) is 3.31. The molecule has 7 heavy (non-hydrogen) atoms. The predicted octanol–water partition coefficient (Wildman–Crippen LogP) is 1.99. The first-order valence-corrected chi connectivity index (χ1v) is 1.73. The maximum Gasteiger partial charge on any atom is 0.0533 e. The largest absolute Gasteiger partial charge is 0.123 e. The van der Waals surface area contributed by atoms with Gasteiger partial charge in [0, 0.05) is 4.91 Å². The van der Waals surface area contributed by atoms with Crippen LogP contribution in [0.5, 0.6) is 0 Å². The maximum absolute atomic E-state index is 7.74. The predicted molar refractivity (Wildman–Crippen MR) is 27.5 cm³/mol. The first kappa shape index (κ1) is 5.83. The van der Waals surface area contributed by atoms with Crippen LogP contribution in [-0.2, 0) is 0 Å². The molecule has 36 valence electrons. The van der Waals surface area contributed by atoms with Crippen molar-refractivity contribution >= 4 is 0 Å². The molecule has 0 unspecified atom stereocenters. The van der Waals surface area contributed by atoms with E-state index in [4.69, 9.17) is 5.53 Å². The monoisotopic (exact) mass is 95.0 g/mol. The average Bonchev–Trinajstić information content (AvgIpc) is 1.68. The van der Waals surface area contributed by atoms with Crippen LogP contribution < -0.4 is 0 Å². The van der Waals surface area contributed by atoms with Crippen molar-refractivity contribution in [2.45, 2.75) is 6.92 Å². The minimum absolute atomic E-state index is 0.475. The fraction of sp³-hybridized carbons (Fsp3) is 0.250. The molecule has 0 saturated heterocycles. The Morgan fingerprint density at radius 1 is 2.00 bits per heavy atom. The van der Waals surface area contributed by atoms with Gasteiger partial charge < -0.3 is 0 Å². The molecule has 0 saturated carbocycles. The van der Waals surface area contributed by atoms with Gasteiger partial charge in [-0.15, -0.1) is 5.73 Å². The minimum atomic E-state index is 0.475. The second kappa shape index (κ2) is 3.04. The van der Waals surface area contributed by atoms with Crippen LogP contribution in [0.2, 0.25) is 0 Å². The molecule has 0 N–H and O–H groups in total. The lowest BCUT2D eigenvalue weighted by atomic mass is 10.6. The molecule has 0 bridgehead atoms. The van der Waals surface area contributed by atoms with E-state index in [2.05, 4.69) is 22.3 Å². The number of hydrogen-bond acceptors (Lipinski definition) is 1.